The van der Waals surface area contributed by atoms with E-state index < -0.39 is 12.1 Å². The Morgan fingerprint density at radius 1 is 1.44 bits per heavy atom. The fourth-order valence-corrected chi connectivity index (χ4v) is 1.13. The SMILES string of the molecule is COc1cc(NC(=O)C(F)(F)F)ccc1Cl. The van der Waals surface area contributed by atoms with Crippen molar-refractivity contribution in [1.29, 1.82) is 0 Å². The minimum absolute atomic E-state index is 0.0384. The number of nitrogens with one attached hydrogen (secondary N) is 1. The summed E-state index contributed by atoms with van der Waals surface area (Å²) in [6.45, 7) is 0. The van der Waals surface area contributed by atoms with Crippen molar-refractivity contribution < 1.29 is 22.7 Å². The molecule has 0 bridgehead atoms. The third kappa shape index (κ3) is 3.03. The summed E-state index contributed by atoms with van der Waals surface area (Å²) < 4.78 is 40.6. The number of ether oxygens (including phenoxy) is 1. The zero-order valence-corrected chi connectivity index (χ0v) is 8.82. The van der Waals surface area contributed by atoms with Crippen molar-refractivity contribution in [2.24, 2.45) is 0 Å². The lowest BCUT2D eigenvalue weighted by molar-refractivity contribution is -0.167. The van der Waals surface area contributed by atoms with Gasteiger partial charge in [-0.3, -0.25) is 4.79 Å². The number of amides is 1. The molecule has 0 aromatic heterocycles. The number of benzene rings is 1. The molecule has 0 spiro atoms. The molecule has 0 fully saturated rings. The van der Waals surface area contributed by atoms with Crippen molar-refractivity contribution in [3.05, 3.63) is 23.2 Å². The second kappa shape index (κ2) is 4.61. The zero-order valence-electron chi connectivity index (χ0n) is 8.06. The van der Waals surface area contributed by atoms with Crippen LogP contribution in [0, 0.1) is 0 Å². The number of hydrogen-bond donors (Lipinski definition) is 1. The molecule has 0 saturated carbocycles. The molecule has 0 aliphatic carbocycles. The highest BCUT2D eigenvalue weighted by Gasteiger charge is 2.38. The highest BCUT2D eigenvalue weighted by Crippen LogP contribution is 2.28. The topological polar surface area (TPSA) is 38.3 Å². The van der Waals surface area contributed by atoms with Crippen LogP contribution in [-0.2, 0) is 4.79 Å². The van der Waals surface area contributed by atoms with E-state index in [-0.39, 0.29) is 16.5 Å². The molecule has 0 heterocycles. The van der Waals surface area contributed by atoms with Crippen LogP contribution in [0.25, 0.3) is 0 Å². The van der Waals surface area contributed by atoms with E-state index in [9.17, 15) is 18.0 Å². The monoisotopic (exact) mass is 253 g/mol. The van der Waals surface area contributed by atoms with Gasteiger partial charge in [-0.25, -0.2) is 0 Å². The Bertz CT molecular complexity index is 406. The molecule has 0 aliphatic rings. The van der Waals surface area contributed by atoms with Crippen molar-refractivity contribution in [2.75, 3.05) is 12.4 Å². The lowest BCUT2D eigenvalue weighted by Crippen LogP contribution is -2.29. The quantitative estimate of drug-likeness (QED) is 0.880. The van der Waals surface area contributed by atoms with Crippen LogP contribution in [0.5, 0.6) is 5.75 Å². The molecule has 1 amide bonds. The average molecular weight is 254 g/mol. The number of carbonyl (C=O) groups is 1. The molecular weight excluding hydrogens is 247 g/mol. The fourth-order valence-electron chi connectivity index (χ4n) is 0.940. The van der Waals surface area contributed by atoms with E-state index in [0.717, 1.165) is 0 Å². The molecule has 1 rings (SSSR count). The Morgan fingerprint density at radius 2 is 2.06 bits per heavy atom. The van der Waals surface area contributed by atoms with Gasteiger partial charge < -0.3 is 10.1 Å². The van der Waals surface area contributed by atoms with Gasteiger partial charge in [-0.1, -0.05) is 11.6 Å². The molecule has 0 aliphatic heterocycles. The number of alkyl halides is 3. The van der Waals surface area contributed by atoms with Gasteiger partial charge in [0.1, 0.15) is 5.75 Å². The van der Waals surface area contributed by atoms with E-state index in [1.165, 1.54) is 25.3 Å². The minimum Gasteiger partial charge on any atom is -0.495 e. The molecule has 7 heteroatoms. The Kier molecular flexibility index (Phi) is 3.64. The fraction of sp³-hybridized carbons (Fsp3) is 0.222. The highest BCUT2D eigenvalue weighted by molar-refractivity contribution is 6.32. The van der Waals surface area contributed by atoms with E-state index >= 15 is 0 Å². The third-order valence-corrected chi connectivity index (χ3v) is 1.98. The summed E-state index contributed by atoms with van der Waals surface area (Å²) in [7, 11) is 1.32. The van der Waals surface area contributed by atoms with Gasteiger partial charge in [0, 0.05) is 11.8 Å². The predicted molar refractivity (Wildman–Crippen MR) is 52.7 cm³/mol. The van der Waals surface area contributed by atoms with Gasteiger partial charge >= 0.3 is 12.1 Å². The minimum atomic E-state index is -4.92. The first-order valence-corrected chi connectivity index (χ1v) is 4.44. The smallest absolute Gasteiger partial charge is 0.471 e. The molecule has 3 nitrogen and oxygen atoms in total. The first-order chi connectivity index (χ1) is 7.34. The number of anilines is 1. The summed E-state index contributed by atoms with van der Waals surface area (Å²) in [4.78, 5) is 10.6. The average Bonchev–Trinajstić information content (AvgIpc) is 2.19. The highest BCUT2D eigenvalue weighted by atomic mass is 35.5. The third-order valence-electron chi connectivity index (χ3n) is 1.67. The molecule has 0 atom stereocenters. The Morgan fingerprint density at radius 3 is 2.56 bits per heavy atom. The van der Waals surface area contributed by atoms with Crippen molar-refractivity contribution in [2.45, 2.75) is 6.18 Å². The molecule has 0 radical (unpaired) electrons. The molecule has 1 N–H and O–H groups in total. The Balaban J connectivity index is 2.87. The summed E-state index contributed by atoms with van der Waals surface area (Å²) in [6, 6.07) is 3.77. The number of methoxy groups -OCH3 is 1. The summed E-state index contributed by atoms with van der Waals surface area (Å²) in [5.74, 6) is -1.86. The van der Waals surface area contributed by atoms with Gasteiger partial charge in [0.15, 0.2) is 0 Å². The number of carbonyl (C=O) groups excluding carboxylic acids is 1. The van der Waals surface area contributed by atoms with E-state index in [2.05, 4.69) is 0 Å². The molecule has 16 heavy (non-hydrogen) atoms. The molecule has 0 unspecified atom stereocenters. The number of hydrogen-bond acceptors (Lipinski definition) is 2. The van der Waals surface area contributed by atoms with E-state index in [0.29, 0.717) is 0 Å². The standard InChI is InChI=1S/C9H7ClF3NO2/c1-16-7-4-5(2-3-6(7)10)14-8(15)9(11,12)13/h2-4H,1H3,(H,14,15). The van der Waals surface area contributed by atoms with Crippen LogP contribution in [0.4, 0.5) is 18.9 Å². The van der Waals surface area contributed by atoms with Gasteiger partial charge in [-0.2, -0.15) is 13.2 Å². The lowest BCUT2D eigenvalue weighted by atomic mass is 10.3. The van der Waals surface area contributed by atoms with Gasteiger partial charge in [0.2, 0.25) is 0 Å². The maximum Gasteiger partial charge on any atom is 0.471 e. The summed E-state index contributed by atoms with van der Waals surface area (Å²) in [6.07, 6.45) is -4.92. The van der Waals surface area contributed by atoms with Gasteiger partial charge in [-0.05, 0) is 12.1 Å². The first-order valence-electron chi connectivity index (χ1n) is 4.06. The largest absolute Gasteiger partial charge is 0.495 e. The van der Waals surface area contributed by atoms with E-state index in [4.69, 9.17) is 16.3 Å². The predicted octanol–water partition coefficient (Wildman–Crippen LogP) is 2.85. The number of halogens is 4. The van der Waals surface area contributed by atoms with Crippen LogP contribution in [0.15, 0.2) is 18.2 Å². The van der Waals surface area contributed by atoms with Crippen LogP contribution in [0.1, 0.15) is 0 Å². The zero-order chi connectivity index (χ0) is 12.3. The summed E-state index contributed by atoms with van der Waals surface area (Å²) >= 11 is 5.66. The maximum absolute atomic E-state index is 11.9. The van der Waals surface area contributed by atoms with Crippen molar-refractivity contribution in [3.8, 4) is 5.75 Å². The molecular formula is C9H7ClF3NO2. The van der Waals surface area contributed by atoms with Crippen LogP contribution in [-0.4, -0.2) is 19.2 Å². The molecule has 1 aromatic rings. The van der Waals surface area contributed by atoms with E-state index in [1.54, 1.807) is 5.32 Å². The van der Waals surface area contributed by atoms with Crippen LogP contribution < -0.4 is 10.1 Å². The summed E-state index contributed by atoms with van der Waals surface area (Å²) in [5.41, 5.74) is -0.0384. The van der Waals surface area contributed by atoms with Crippen LogP contribution >= 0.6 is 11.6 Å². The summed E-state index contributed by atoms with van der Waals surface area (Å²) in [5, 5.41) is 1.92. The Hall–Kier alpha value is -1.43. The van der Waals surface area contributed by atoms with Crippen molar-refractivity contribution >= 4 is 23.2 Å². The molecule has 88 valence electrons. The second-order valence-corrected chi connectivity index (χ2v) is 3.21. The Labute approximate surface area is 94.2 Å². The van der Waals surface area contributed by atoms with Crippen LogP contribution in [0.2, 0.25) is 5.02 Å². The normalized spacial score (nSPS) is 11.1. The van der Waals surface area contributed by atoms with Gasteiger partial charge in [-0.15, -0.1) is 0 Å². The second-order valence-electron chi connectivity index (χ2n) is 2.80. The number of rotatable bonds is 2. The molecule has 0 saturated heterocycles. The van der Waals surface area contributed by atoms with Gasteiger partial charge in [0.25, 0.3) is 0 Å². The first kappa shape index (κ1) is 12.6. The van der Waals surface area contributed by atoms with Gasteiger partial charge in [0.05, 0.1) is 12.1 Å². The molecule has 1 aromatic carbocycles. The van der Waals surface area contributed by atoms with Crippen molar-refractivity contribution in [1.82, 2.24) is 0 Å². The maximum atomic E-state index is 11.9. The van der Waals surface area contributed by atoms with Crippen LogP contribution in [0.3, 0.4) is 0 Å². The lowest BCUT2D eigenvalue weighted by Gasteiger charge is -2.09. The van der Waals surface area contributed by atoms with Crippen molar-refractivity contribution in [3.63, 3.8) is 0 Å². The van der Waals surface area contributed by atoms with E-state index in [1.807, 2.05) is 0 Å².